The molecule has 6 nitrogen and oxygen atoms in total. The molecule has 2 aliphatic rings. The third-order valence-electron chi connectivity index (χ3n) is 4.15. The fourth-order valence-electron chi connectivity index (χ4n) is 2.61. The lowest BCUT2D eigenvalue weighted by Crippen LogP contribution is -2.37. The number of aliphatic hydroxyl groups is 1. The molecule has 0 saturated heterocycles. The first-order valence-electron chi connectivity index (χ1n) is 7.86. The van der Waals surface area contributed by atoms with E-state index in [9.17, 15) is 14.7 Å². The Hall–Kier alpha value is -1.47. The van der Waals surface area contributed by atoms with Crippen LogP contribution in [0.1, 0.15) is 47.3 Å². The van der Waals surface area contributed by atoms with Crippen molar-refractivity contribution in [3.05, 3.63) is 9.88 Å². The van der Waals surface area contributed by atoms with E-state index in [1.54, 1.807) is 4.90 Å². The maximum absolute atomic E-state index is 12.3. The number of aliphatic hydroxyl groups excluding tert-OH is 1. The molecule has 1 aromatic rings. The van der Waals surface area contributed by atoms with Crippen molar-refractivity contribution in [2.75, 3.05) is 18.1 Å². The molecule has 22 heavy (non-hydrogen) atoms. The van der Waals surface area contributed by atoms with Crippen molar-refractivity contribution in [3.8, 4) is 0 Å². The van der Waals surface area contributed by atoms with Gasteiger partial charge in [0.1, 0.15) is 5.82 Å². The highest BCUT2D eigenvalue weighted by Crippen LogP contribution is 2.37. The predicted octanol–water partition coefficient (Wildman–Crippen LogP) is 1.33. The average molecular weight is 323 g/mol. The third-order valence-corrected chi connectivity index (χ3v) is 5.26. The number of aromatic nitrogens is 1. The summed E-state index contributed by atoms with van der Waals surface area (Å²) in [7, 11) is 0. The van der Waals surface area contributed by atoms with E-state index in [1.807, 2.05) is 6.92 Å². The molecule has 0 spiro atoms. The fraction of sp³-hybridized carbons (Fsp3) is 0.667. The molecule has 1 fully saturated rings. The molecule has 7 heteroatoms. The molecule has 2 heterocycles. The zero-order valence-corrected chi connectivity index (χ0v) is 13.5. The van der Waals surface area contributed by atoms with Crippen LogP contribution in [0, 0.1) is 5.92 Å². The summed E-state index contributed by atoms with van der Waals surface area (Å²) in [4.78, 5) is 31.8. The summed E-state index contributed by atoms with van der Waals surface area (Å²) in [6.45, 7) is 2.52. The number of rotatable bonds is 5. The molecule has 3 rings (SSSR count). The normalized spacial score (nSPS) is 18.7. The summed E-state index contributed by atoms with van der Waals surface area (Å²) >= 11 is 1.36. The largest absolute Gasteiger partial charge is 0.394 e. The van der Waals surface area contributed by atoms with Gasteiger partial charge in [-0.15, -0.1) is 11.3 Å². The van der Waals surface area contributed by atoms with Crippen molar-refractivity contribution in [3.63, 3.8) is 0 Å². The van der Waals surface area contributed by atoms with E-state index in [2.05, 4.69) is 10.3 Å². The first-order chi connectivity index (χ1) is 10.6. The molecule has 1 saturated carbocycles. The molecule has 120 valence electrons. The molecule has 2 N–H and O–H groups in total. The van der Waals surface area contributed by atoms with Crippen LogP contribution < -0.4 is 10.2 Å². The predicted molar refractivity (Wildman–Crippen MR) is 84.1 cm³/mol. The van der Waals surface area contributed by atoms with Crippen molar-refractivity contribution < 1.29 is 14.7 Å². The van der Waals surface area contributed by atoms with Crippen LogP contribution in [0.5, 0.6) is 0 Å². The summed E-state index contributed by atoms with van der Waals surface area (Å²) < 4.78 is 0. The van der Waals surface area contributed by atoms with Gasteiger partial charge in [-0.05, 0) is 32.1 Å². The number of nitrogens with zero attached hydrogens (tertiary/aromatic N) is 2. The molecule has 2 amide bonds. The van der Waals surface area contributed by atoms with Gasteiger partial charge < -0.3 is 10.4 Å². The van der Waals surface area contributed by atoms with E-state index in [0.29, 0.717) is 23.8 Å². The number of thiazole rings is 1. The quantitative estimate of drug-likeness (QED) is 0.856. The van der Waals surface area contributed by atoms with Crippen molar-refractivity contribution in [1.82, 2.24) is 10.3 Å². The number of carbonyl (C=O) groups excluding carboxylic acids is 2. The molecule has 0 radical (unpaired) electrons. The van der Waals surface area contributed by atoms with Gasteiger partial charge in [0.2, 0.25) is 5.91 Å². The molecule has 0 unspecified atom stereocenters. The smallest absolute Gasteiger partial charge is 0.280 e. The maximum atomic E-state index is 12.3. The third kappa shape index (κ3) is 3.01. The van der Waals surface area contributed by atoms with Gasteiger partial charge in [0.15, 0.2) is 5.01 Å². The second kappa shape index (κ2) is 6.34. The molecule has 1 aliphatic heterocycles. The van der Waals surface area contributed by atoms with Gasteiger partial charge in [-0.1, -0.05) is 6.92 Å². The molecular formula is C15H21N3O3S. The summed E-state index contributed by atoms with van der Waals surface area (Å²) in [5.41, 5.74) is 0. The van der Waals surface area contributed by atoms with Gasteiger partial charge in [0.05, 0.1) is 12.6 Å². The van der Waals surface area contributed by atoms with Gasteiger partial charge in [0, 0.05) is 17.3 Å². The number of anilines is 1. The molecule has 1 aromatic heterocycles. The Labute approximate surface area is 133 Å². The Morgan fingerprint density at radius 2 is 2.27 bits per heavy atom. The van der Waals surface area contributed by atoms with Crippen LogP contribution in [0.15, 0.2) is 0 Å². The Bertz CT molecular complexity index is 579. The van der Waals surface area contributed by atoms with Crippen LogP contribution in [0.3, 0.4) is 0 Å². The number of carbonyl (C=O) groups is 2. The Kier molecular flexibility index (Phi) is 4.44. The molecule has 0 aromatic carbocycles. The zero-order chi connectivity index (χ0) is 15.7. The van der Waals surface area contributed by atoms with Gasteiger partial charge >= 0.3 is 0 Å². The Morgan fingerprint density at radius 1 is 1.50 bits per heavy atom. The highest BCUT2D eigenvalue weighted by molar-refractivity contribution is 7.14. The summed E-state index contributed by atoms with van der Waals surface area (Å²) in [6, 6.07) is -0.252. The van der Waals surface area contributed by atoms with Crippen molar-refractivity contribution in [2.24, 2.45) is 5.92 Å². The number of fused-ring (bicyclic) bond motifs is 1. The lowest BCUT2D eigenvalue weighted by Gasteiger charge is -2.25. The van der Waals surface area contributed by atoms with E-state index < -0.39 is 0 Å². The second-order valence-electron chi connectivity index (χ2n) is 5.89. The second-order valence-corrected chi connectivity index (χ2v) is 6.98. The average Bonchev–Trinajstić information content (AvgIpc) is 3.29. The van der Waals surface area contributed by atoms with Gasteiger partial charge in [-0.3, -0.25) is 14.5 Å². The van der Waals surface area contributed by atoms with E-state index in [-0.39, 0.29) is 30.4 Å². The first kappa shape index (κ1) is 15.4. The van der Waals surface area contributed by atoms with Crippen LogP contribution in [-0.2, 0) is 11.2 Å². The highest BCUT2D eigenvalue weighted by atomic mass is 32.1. The van der Waals surface area contributed by atoms with E-state index in [4.69, 9.17) is 0 Å². The Balaban J connectivity index is 1.78. The number of aryl methyl sites for hydroxylation is 1. The molecule has 1 aliphatic carbocycles. The highest BCUT2D eigenvalue weighted by Gasteiger charge is 2.37. The monoisotopic (exact) mass is 323 g/mol. The van der Waals surface area contributed by atoms with Crippen molar-refractivity contribution in [1.29, 1.82) is 0 Å². The van der Waals surface area contributed by atoms with Gasteiger partial charge in [-0.2, -0.15) is 0 Å². The maximum Gasteiger partial charge on any atom is 0.280 e. The topological polar surface area (TPSA) is 82.5 Å². The van der Waals surface area contributed by atoms with Crippen LogP contribution in [0.4, 0.5) is 5.82 Å². The standard InChI is InChI=1S/C15H21N3O3S/c1-2-10(8-19)16-13(20)14-17-12-11(22-14)4-3-7-18(12)15(21)9-5-6-9/h9-10,19H,2-8H2,1H3,(H,16,20)/t10-/m1/s1. The number of nitrogens with one attached hydrogen (secondary N) is 1. The Morgan fingerprint density at radius 3 is 2.91 bits per heavy atom. The SMILES string of the molecule is CC[C@H](CO)NC(=O)c1nc2c(s1)CCCN2C(=O)C1CC1. The van der Waals surface area contributed by atoms with Crippen molar-refractivity contribution >= 4 is 29.0 Å². The number of amides is 2. The van der Waals surface area contributed by atoms with E-state index >= 15 is 0 Å². The summed E-state index contributed by atoms with van der Waals surface area (Å²) in [5.74, 6) is 0.721. The zero-order valence-electron chi connectivity index (χ0n) is 12.7. The van der Waals surface area contributed by atoms with Crippen LogP contribution in [-0.4, -0.2) is 41.1 Å². The van der Waals surface area contributed by atoms with E-state index in [1.165, 1.54) is 11.3 Å². The van der Waals surface area contributed by atoms with Gasteiger partial charge in [0.25, 0.3) is 5.91 Å². The fourth-order valence-corrected chi connectivity index (χ4v) is 3.62. The van der Waals surface area contributed by atoms with Crippen molar-refractivity contribution in [2.45, 2.75) is 45.1 Å². The van der Waals surface area contributed by atoms with Crippen LogP contribution in [0.25, 0.3) is 0 Å². The van der Waals surface area contributed by atoms with Gasteiger partial charge in [-0.25, -0.2) is 4.98 Å². The summed E-state index contributed by atoms with van der Waals surface area (Å²) in [5, 5.41) is 12.3. The van der Waals surface area contributed by atoms with Crippen LogP contribution in [0.2, 0.25) is 0 Å². The molecule has 0 bridgehead atoms. The number of hydrogen-bond acceptors (Lipinski definition) is 5. The first-order valence-corrected chi connectivity index (χ1v) is 8.68. The minimum absolute atomic E-state index is 0.0837. The summed E-state index contributed by atoms with van der Waals surface area (Å²) in [6.07, 6.45) is 4.39. The number of hydrogen-bond donors (Lipinski definition) is 2. The molecular weight excluding hydrogens is 302 g/mol. The lowest BCUT2D eigenvalue weighted by atomic mass is 10.1. The van der Waals surface area contributed by atoms with E-state index in [0.717, 1.165) is 30.6 Å². The lowest BCUT2D eigenvalue weighted by molar-refractivity contribution is -0.119. The minimum atomic E-state index is -0.265. The molecule has 1 atom stereocenters. The van der Waals surface area contributed by atoms with Crippen LogP contribution >= 0.6 is 11.3 Å². The minimum Gasteiger partial charge on any atom is -0.394 e.